The lowest BCUT2D eigenvalue weighted by atomic mass is 10.2. The smallest absolute Gasteiger partial charge is 0.225 e. The molecule has 1 heterocycles. The summed E-state index contributed by atoms with van der Waals surface area (Å²) in [5.74, 6) is 1.58. The molecule has 0 bridgehead atoms. The Morgan fingerprint density at radius 3 is 2.32 bits per heavy atom. The standard InChI is InChI=1S/C28H30N4OS/c1-33-19-21-11-3-9-17-26(21)34-25-16-8-2-10-20(25)18-29-28-31-24-15-7-6-14-23(24)27(32-28)30-22-12-4-5-13-22/h2-3,6-11,14-17,22H,4-5,12-13,18-19H2,1H3,(H2,29,30,31,32). The molecule has 1 fully saturated rings. The van der Waals surface area contributed by atoms with Crippen molar-refractivity contribution in [2.24, 2.45) is 0 Å². The van der Waals surface area contributed by atoms with Crippen LogP contribution in [0.2, 0.25) is 0 Å². The summed E-state index contributed by atoms with van der Waals surface area (Å²) in [5, 5.41) is 8.24. The van der Waals surface area contributed by atoms with E-state index in [9.17, 15) is 0 Å². The van der Waals surface area contributed by atoms with Crippen molar-refractivity contribution in [3.05, 3.63) is 83.9 Å². The van der Waals surface area contributed by atoms with Crippen molar-refractivity contribution in [1.29, 1.82) is 0 Å². The second-order valence-electron chi connectivity index (χ2n) is 8.64. The molecule has 34 heavy (non-hydrogen) atoms. The first-order valence-corrected chi connectivity index (χ1v) is 12.7. The molecule has 0 atom stereocenters. The van der Waals surface area contributed by atoms with E-state index in [1.165, 1.54) is 46.6 Å². The number of methoxy groups -OCH3 is 1. The van der Waals surface area contributed by atoms with Gasteiger partial charge in [-0.1, -0.05) is 73.1 Å². The van der Waals surface area contributed by atoms with Crippen molar-refractivity contribution in [3.63, 3.8) is 0 Å². The molecule has 6 heteroatoms. The van der Waals surface area contributed by atoms with Gasteiger partial charge < -0.3 is 15.4 Å². The molecule has 0 unspecified atom stereocenters. The van der Waals surface area contributed by atoms with E-state index in [0.29, 0.717) is 25.1 Å². The highest BCUT2D eigenvalue weighted by Crippen LogP contribution is 2.33. The van der Waals surface area contributed by atoms with Gasteiger partial charge in [-0.15, -0.1) is 0 Å². The van der Waals surface area contributed by atoms with Crippen molar-refractivity contribution in [2.45, 2.75) is 54.7 Å². The maximum Gasteiger partial charge on any atom is 0.225 e. The van der Waals surface area contributed by atoms with Gasteiger partial charge in [-0.3, -0.25) is 0 Å². The number of nitrogens with one attached hydrogen (secondary N) is 2. The molecule has 1 aliphatic carbocycles. The fourth-order valence-corrected chi connectivity index (χ4v) is 5.51. The van der Waals surface area contributed by atoms with Gasteiger partial charge in [-0.05, 0) is 48.2 Å². The van der Waals surface area contributed by atoms with Crippen molar-refractivity contribution in [3.8, 4) is 0 Å². The Labute approximate surface area is 205 Å². The van der Waals surface area contributed by atoms with Crippen molar-refractivity contribution >= 4 is 34.4 Å². The van der Waals surface area contributed by atoms with Crippen LogP contribution in [0.1, 0.15) is 36.8 Å². The monoisotopic (exact) mass is 470 g/mol. The van der Waals surface area contributed by atoms with Crippen LogP contribution in [-0.2, 0) is 17.9 Å². The molecule has 0 amide bonds. The first-order chi connectivity index (χ1) is 16.8. The number of aromatic nitrogens is 2. The molecule has 1 aromatic heterocycles. The predicted octanol–water partition coefficient (Wildman–Crippen LogP) is 6.89. The Morgan fingerprint density at radius 2 is 1.53 bits per heavy atom. The molecule has 1 saturated carbocycles. The number of hydrogen-bond acceptors (Lipinski definition) is 6. The maximum atomic E-state index is 5.39. The van der Waals surface area contributed by atoms with Gasteiger partial charge in [0.25, 0.3) is 0 Å². The molecule has 2 N–H and O–H groups in total. The minimum absolute atomic E-state index is 0.496. The molecular formula is C28H30N4OS. The first kappa shape index (κ1) is 22.7. The van der Waals surface area contributed by atoms with E-state index in [1.54, 1.807) is 18.9 Å². The summed E-state index contributed by atoms with van der Waals surface area (Å²) < 4.78 is 5.39. The topological polar surface area (TPSA) is 59.1 Å². The second kappa shape index (κ2) is 10.9. The highest BCUT2D eigenvalue weighted by Gasteiger charge is 2.17. The number of nitrogens with zero attached hydrogens (tertiary/aromatic N) is 2. The lowest BCUT2D eigenvalue weighted by Gasteiger charge is -2.16. The summed E-state index contributed by atoms with van der Waals surface area (Å²) >= 11 is 1.77. The lowest BCUT2D eigenvalue weighted by molar-refractivity contribution is 0.183. The molecule has 3 aromatic carbocycles. The number of benzene rings is 3. The van der Waals surface area contributed by atoms with E-state index in [0.717, 1.165) is 16.7 Å². The number of rotatable bonds is 9. The van der Waals surface area contributed by atoms with Gasteiger partial charge in [-0.2, -0.15) is 4.98 Å². The Hall–Kier alpha value is -3.09. The van der Waals surface area contributed by atoms with Crippen LogP contribution in [0.3, 0.4) is 0 Å². The van der Waals surface area contributed by atoms with Gasteiger partial charge in [0.1, 0.15) is 5.82 Å². The van der Waals surface area contributed by atoms with Gasteiger partial charge in [0.05, 0.1) is 12.1 Å². The molecule has 4 aromatic rings. The predicted molar refractivity (Wildman–Crippen MR) is 140 cm³/mol. The largest absolute Gasteiger partial charge is 0.380 e. The van der Waals surface area contributed by atoms with Crippen LogP contribution < -0.4 is 10.6 Å². The fraction of sp³-hybridized carbons (Fsp3) is 0.286. The van der Waals surface area contributed by atoms with Crippen molar-refractivity contribution < 1.29 is 4.74 Å². The molecule has 0 radical (unpaired) electrons. The molecule has 5 rings (SSSR count). The second-order valence-corrected chi connectivity index (χ2v) is 9.73. The highest BCUT2D eigenvalue weighted by molar-refractivity contribution is 7.99. The minimum atomic E-state index is 0.496. The van der Waals surface area contributed by atoms with E-state index < -0.39 is 0 Å². The third-order valence-corrected chi connectivity index (χ3v) is 7.44. The van der Waals surface area contributed by atoms with Gasteiger partial charge in [0, 0.05) is 34.9 Å². The van der Waals surface area contributed by atoms with E-state index in [2.05, 4.69) is 71.3 Å². The molecule has 5 nitrogen and oxygen atoms in total. The number of anilines is 2. The van der Waals surface area contributed by atoms with Crippen LogP contribution in [-0.4, -0.2) is 23.1 Å². The summed E-state index contributed by atoms with van der Waals surface area (Å²) in [6, 6.07) is 25.6. The zero-order valence-corrected chi connectivity index (χ0v) is 20.3. The van der Waals surface area contributed by atoms with Crippen LogP contribution >= 0.6 is 11.8 Å². The summed E-state index contributed by atoms with van der Waals surface area (Å²) in [4.78, 5) is 12.1. The summed E-state index contributed by atoms with van der Waals surface area (Å²) in [7, 11) is 1.73. The SMILES string of the molecule is COCc1ccccc1Sc1ccccc1CNc1nc(NC2CCCC2)c2ccccc2n1. The summed E-state index contributed by atoms with van der Waals surface area (Å²) in [6.07, 6.45) is 4.98. The lowest BCUT2D eigenvalue weighted by Crippen LogP contribution is -2.17. The Kier molecular flexibility index (Phi) is 7.27. The van der Waals surface area contributed by atoms with Gasteiger partial charge in [-0.25, -0.2) is 4.98 Å². The minimum Gasteiger partial charge on any atom is -0.380 e. The summed E-state index contributed by atoms with van der Waals surface area (Å²) in [6.45, 7) is 1.25. The van der Waals surface area contributed by atoms with E-state index in [-0.39, 0.29) is 0 Å². The summed E-state index contributed by atoms with van der Waals surface area (Å²) in [5.41, 5.74) is 3.36. The first-order valence-electron chi connectivity index (χ1n) is 11.9. The van der Waals surface area contributed by atoms with Gasteiger partial charge in [0.2, 0.25) is 5.95 Å². The zero-order chi connectivity index (χ0) is 23.2. The van der Waals surface area contributed by atoms with Crippen LogP contribution in [0.5, 0.6) is 0 Å². The van der Waals surface area contributed by atoms with E-state index in [1.807, 2.05) is 12.1 Å². The molecule has 0 spiro atoms. The van der Waals surface area contributed by atoms with Crippen LogP contribution in [0.15, 0.2) is 82.6 Å². The van der Waals surface area contributed by atoms with Crippen LogP contribution in [0.4, 0.5) is 11.8 Å². The third-order valence-electron chi connectivity index (χ3n) is 6.20. The fourth-order valence-electron chi connectivity index (χ4n) is 4.45. The maximum absolute atomic E-state index is 5.39. The number of para-hydroxylation sites is 1. The highest BCUT2D eigenvalue weighted by atomic mass is 32.2. The Balaban J connectivity index is 1.37. The number of hydrogen-bond donors (Lipinski definition) is 2. The Bertz CT molecular complexity index is 1260. The zero-order valence-electron chi connectivity index (χ0n) is 19.5. The van der Waals surface area contributed by atoms with E-state index in [4.69, 9.17) is 14.7 Å². The molecular weight excluding hydrogens is 440 g/mol. The number of ether oxygens (including phenoxy) is 1. The molecule has 174 valence electrons. The van der Waals surface area contributed by atoms with Gasteiger partial charge >= 0.3 is 0 Å². The average molecular weight is 471 g/mol. The molecule has 1 aliphatic rings. The van der Waals surface area contributed by atoms with Gasteiger partial charge in [0.15, 0.2) is 0 Å². The molecule has 0 aliphatic heterocycles. The Morgan fingerprint density at radius 1 is 0.853 bits per heavy atom. The van der Waals surface area contributed by atoms with E-state index >= 15 is 0 Å². The normalized spacial score (nSPS) is 13.9. The average Bonchev–Trinajstić information content (AvgIpc) is 3.38. The van der Waals surface area contributed by atoms with Crippen LogP contribution in [0, 0.1) is 0 Å². The van der Waals surface area contributed by atoms with Crippen molar-refractivity contribution in [1.82, 2.24) is 9.97 Å². The van der Waals surface area contributed by atoms with Crippen molar-refractivity contribution in [2.75, 3.05) is 17.7 Å². The third kappa shape index (κ3) is 5.34. The molecule has 0 saturated heterocycles. The number of fused-ring (bicyclic) bond motifs is 1. The quantitative estimate of drug-likeness (QED) is 0.278. The van der Waals surface area contributed by atoms with Crippen LogP contribution in [0.25, 0.3) is 10.9 Å².